The summed E-state index contributed by atoms with van der Waals surface area (Å²) in [5, 5.41) is 27.6. The van der Waals surface area contributed by atoms with E-state index in [1.54, 1.807) is 16.6 Å². The van der Waals surface area contributed by atoms with Gasteiger partial charge in [-0.15, -0.1) is 5.10 Å². The Kier molecular flexibility index (Phi) is 3.61. The van der Waals surface area contributed by atoms with Crippen LogP contribution in [0, 0.1) is 6.92 Å². The number of aryl methyl sites for hydroxylation is 1. The molecule has 0 radical (unpaired) electrons. The van der Waals surface area contributed by atoms with Gasteiger partial charge in [0.15, 0.2) is 11.8 Å². The third-order valence-electron chi connectivity index (χ3n) is 4.74. The fraction of sp³-hybridized carbons (Fsp3) is 0.158. The number of rotatable bonds is 2. The van der Waals surface area contributed by atoms with E-state index < -0.39 is 0 Å². The molecule has 0 spiro atoms. The fourth-order valence-electron chi connectivity index (χ4n) is 3.42. The maximum absolute atomic E-state index is 10.2. The van der Waals surface area contributed by atoms with Crippen molar-refractivity contribution in [2.24, 2.45) is 5.16 Å². The molecule has 2 aromatic carbocycles. The van der Waals surface area contributed by atoms with E-state index in [0.29, 0.717) is 23.3 Å². The van der Waals surface area contributed by atoms with Crippen LogP contribution in [0.5, 0.6) is 5.75 Å². The zero-order valence-electron chi connectivity index (χ0n) is 14.3. The monoisotopic (exact) mass is 423 g/mol. The van der Waals surface area contributed by atoms with Crippen molar-refractivity contribution in [2.75, 3.05) is 0 Å². The molecule has 5 rings (SSSR count). The summed E-state index contributed by atoms with van der Waals surface area (Å²) >= 11 is 3.43. The quantitative estimate of drug-likeness (QED) is 0.527. The molecule has 4 aromatic rings. The molecule has 2 aromatic heterocycles. The molecule has 1 atom stereocenters. The summed E-state index contributed by atoms with van der Waals surface area (Å²) < 4.78 is 2.59. The van der Waals surface area contributed by atoms with Crippen LogP contribution in [0.3, 0.4) is 0 Å². The predicted octanol–water partition coefficient (Wildman–Crippen LogP) is 3.92. The van der Waals surface area contributed by atoms with Gasteiger partial charge in [-0.3, -0.25) is 0 Å². The number of aromatic hydroxyl groups is 1. The van der Waals surface area contributed by atoms with Gasteiger partial charge in [-0.05, 0) is 53.7 Å². The molecule has 0 fully saturated rings. The third kappa shape index (κ3) is 2.64. The number of hydrogen-bond donors (Lipinski definition) is 1. The normalized spacial score (nSPS) is 16.7. The van der Waals surface area contributed by atoms with Gasteiger partial charge in [0.25, 0.3) is 0 Å². The first-order valence-corrected chi connectivity index (χ1v) is 9.22. The van der Waals surface area contributed by atoms with Crippen molar-refractivity contribution in [1.29, 1.82) is 0 Å². The molecule has 27 heavy (non-hydrogen) atoms. The van der Waals surface area contributed by atoms with E-state index >= 15 is 0 Å². The van der Waals surface area contributed by atoms with Crippen LogP contribution in [0.1, 0.15) is 29.2 Å². The number of phenols is 1. The minimum absolute atomic E-state index is 0.171. The van der Waals surface area contributed by atoms with Crippen molar-refractivity contribution >= 4 is 38.2 Å². The second-order valence-corrected chi connectivity index (χ2v) is 7.49. The maximum atomic E-state index is 10.2. The molecule has 3 heterocycles. The van der Waals surface area contributed by atoms with E-state index in [9.17, 15) is 5.11 Å². The fourth-order valence-corrected chi connectivity index (χ4v) is 3.78. The van der Waals surface area contributed by atoms with Gasteiger partial charge in [-0.25, -0.2) is 0 Å². The van der Waals surface area contributed by atoms with E-state index in [4.69, 9.17) is 4.84 Å². The molecule has 0 bridgehead atoms. The summed E-state index contributed by atoms with van der Waals surface area (Å²) in [4.78, 5) is 5.71. The largest absolute Gasteiger partial charge is 0.507 e. The number of hydrogen-bond acceptors (Lipinski definition) is 6. The highest BCUT2D eigenvalue weighted by molar-refractivity contribution is 9.10. The molecule has 0 aliphatic carbocycles. The second-order valence-electron chi connectivity index (χ2n) is 6.57. The zero-order valence-corrected chi connectivity index (χ0v) is 15.9. The highest BCUT2D eigenvalue weighted by Crippen LogP contribution is 2.35. The Hall–Kier alpha value is -3.00. The lowest BCUT2D eigenvalue weighted by Crippen LogP contribution is -2.05. The number of fused-ring (bicyclic) bond motifs is 3. The average molecular weight is 424 g/mol. The lowest BCUT2D eigenvalue weighted by atomic mass is 9.99. The van der Waals surface area contributed by atoms with Crippen molar-refractivity contribution in [3.05, 3.63) is 63.6 Å². The van der Waals surface area contributed by atoms with Crippen molar-refractivity contribution < 1.29 is 9.94 Å². The maximum Gasteiger partial charge on any atom is 0.186 e. The Labute approximate surface area is 162 Å². The summed E-state index contributed by atoms with van der Waals surface area (Å²) in [5.74, 6) is 0.171. The average Bonchev–Trinajstić information content (AvgIpc) is 3.32. The summed E-state index contributed by atoms with van der Waals surface area (Å²) in [7, 11) is 0. The summed E-state index contributed by atoms with van der Waals surface area (Å²) in [6, 6.07) is 13.4. The minimum Gasteiger partial charge on any atom is -0.507 e. The lowest BCUT2D eigenvalue weighted by Gasteiger charge is -2.11. The van der Waals surface area contributed by atoms with Crippen LogP contribution in [-0.4, -0.2) is 30.9 Å². The molecule has 1 N–H and O–H groups in total. The van der Waals surface area contributed by atoms with Gasteiger partial charge < -0.3 is 9.94 Å². The van der Waals surface area contributed by atoms with Crippen LogP contribution in [0.25, 0.3) is 16.6 Å². The number of nitrogens with zero attached hydrogens (tertiary/aromatic N) is 5. The molecular weight excluding hydrogens is 410 g/mol. The van der Waals surface area contributed by atoms with Crippen molar-refractivity contribution in [1.82, 2.24) is 20.0 Å². The van der Waals surface area contributed by atoms with Crippen molar-refractivity contribution in [3.8, 4) is 5.75 Å². The lowest BCUT2D eigenvalue weighted by molar-refractivity contribution is 0.0865. The van der Waals surface area contributed by atoms with Crippen LogP contribution in [-0.2, 0) is 4.84 Å². The van der Waals surface area contributed by atoms with E-state index in [-0.39, 0.29) is 11.9 Å². The number of oxime groups is 1. The molecule has 0 saturated heterocycles. The Morgan fingerprint density at radius 3 is 2.96 bits per heavy atom. The standard InChI is InChI=1S/C19H14BrN5O2/c1-10-2-4-16-11(6-10)7-14(19-21-23-24-25(16)19)18-9-15(22-27-18)13-8-12(20)3-5-17(13)26/h2-8,18,26H,9H2,1H3. The Bertz CT molecular complexity index is 1230. The van der Waals surface area contributed by atoms with Crippen molar-refractivity contribution in [2.45, 2.75) is 19.4 Å². The summed E-state index contributed by atoms with van der Waals surface area (Å²) in [6.45, 7) is 2.05. The molecule has 8 heteroatoms. The first-order valence-electron chi connectivity index (χ1n) is 8.43. The van der Waals surface area contributed by atoms with Gasteiger partial charge in [-0.2, -0.15) is 4.52 Å². The van der Waals surface area contributed by atoms with Gasteiger partial charge in [0, 0.05) is 27.4 Å². The predicted molar refractivity (Wildman–Crippen MR) is 104 cm³/mol. The minimum atomic E-state index is -0.322. The topological polar surface area (TPSA) is 84.9 Å². The molecule has 1 unspecified atom stereocenters. The van der Waals surface area contributed by atoms with E-state index in [1.165, 1.54) is 0 Å². The highest BCUT2D eigenvalue weighted by atomic mass is 79.9. The molecule has 0 saturated carbocycles. The number of pyridine rings is 1. The SMILES string of the molecule is Cc1ccc2c(c1)cc(C1CC(c3cc(Br)ccc3O)=NO1)c1nnnn12. The van der Waals surface area contributed by atoms with Crippen LogP contribution >= 0.6 is 15.9 Å². The van der Waals surface area contributed by atoms with Gasteiger partial charge in [0.1, 0.15) is 5.75 Å². The Balaban J connectivity index is 1.58. The number of phenolic OH excluding ortho intramolecular Hbond substituents is 1. The first-order chi connectivity index (χ1) is 13.1. The summed E-state index contributed by atoms with van der Waals surface area (Å²) in [5.41, 5.74) is 4.95. The Morgan fingerprint density at radius 2 is 2.07 bits per heavy atom. The summed E-state index contributed by atoms with van der Waals surface area (Å²) in [6.07, 6.45) is 0.195. The molecule has 0 amide bonds. The van der Waals surface area contributed by atoms with E-state index in [1.807, 2.05) is 25.1 Å². The molecule has 7 nitrogen and oxygen atoms in total. The smallest absolute Gasteiger partial charge is 0.186 e. The van der Waals surface area contributed by atoms with Crippen molar-refractivity contribution in [3.63, 3.8) is 0 Å². The zero-order chi connectivity index (χ0) is 18.5. The van der Waals surface area contributed by atoms with Gasteiger partial charge in [0.05, 0.1) is 11.2 Å². The van der Waals surface area contributed by atoms with Crippen LogP contribution in [0.2, 0.25) is 0 Å². The Morgan fingerprint density at radius 1 is 1.19 bits per heavy atom. The number of halogens is 1. The van der Waals surface area contributed by atoms with Gasteiger partial charge >= 0.3 is 0 Å². The first kappa shape index (κ1) is 16.2. The van der Waals surface area contributed by atoms with Crippen LogP contribution in [0.15, 0.2) is 52.1 Å². The molecule has 134 valence electrons. The third-order valence-corrected chi connectivity index (χ3v) is 5.23. The second kappa shape index (κ2) is 6.02. The number of aromatic nitrogens is 4. The van der Waals surface area contributed by atoms with Gasteiger partial charge in [0.2, 0.25) is 0 Å². The van der Waals surface area contributed by atoms with Gasteiger partial charge in [-0.1, -0.05) is 32.7 Å². The number of tetrazole rings is 1. The number of benzene rings is 2. The molecule has 1 aliphatic rings. The van der Waals surface area contributed by atoms with E-state index in [0.717, 1.165) is 26.5 Å². The van der Waals surface area contributed by atoms with Crippen LogP contribution in [0.4, 0.5) is 0 Å². The molecular formula is C19H14BrN5O2. The highest BCUT2D eigenvalue weighted by Gasteiger charge is 2.29. The molecule has 1 aliphatic heterocycles. The van der Waals surface area contributed by atoms with Crippen LogP contribution < -0.4 is 0 Å². The van der Waals surface area contributed by atoms with E-state index in [2.05, 4.69) is 48.7 Å².